The summed E-state index contributed by atoms with van der Waals surface area (Å²) in [4.78, 5) is 29.4. The third kappa shape index (κ3) is 4.40. The number of amides is 1. The predicted octanol–water partition coefficient (Wildman–Crippen LogP) is 4.03. The van der Waals surface area contributed by atoms with Gasteiger partial charge in [0.05, 0.1) is 35.1 Å². The van der Waals surface area contributed by atoms with E-state index in [1.165, 1.54) is 18.4 Å². The zero-order valence-electron chi connectivity index (χ0n) is 15.5. The summed E-state index contributed by atoms with van der Waals surface area (Å²) in [6, 6.07) is 12.5. The van der Waals surface area contributed by atoms with Gasteiger partial charge in [-0.1, -0.05) is 23.5 Å². The average molecular weight is 463 g/mol. The van der Waals surface area contributed by atoms with Gasteiger partial charge in [-0.2, -0.15) is 4.99 Å². The van der Waals surface area contributed by atoms with E-state index in [1.807, 2.05) is 23.6 Å². The van der Waals surface area contributed by atoms with E-state index in [4.69, 9.17) is 9.47 Å². The molecule has 1 heterocycles. The minimum Gasteiger partial charge on any atom is -0.465 e. The first-order chi connectivity index (χ1) is 13.5. The smallest absolute Gasteiger partial charge is 0.337 e. The summed E-state index contributed by atoms with van der Waals surface area (Å²) in [6.45, 7) is 3.59. The molecule has 1 aromatic heterocycles. The third-order valence-electron chi connectivity index (χ3n) is 4.07. The van der Waals surface area contributed by atoms with Crippen molar-refractivity contribution in [1.82, 2.24) is 4.57 Å². The van der Waals surface area contributed by atoms with Crippen LogP contribution in [-0.4, -0.2) is 36.8 Å². The molecular formula is C20H19BrN2O4S. The van der Waals surface area contributed by atoms with Gasteiger partial charge in [0.2, 0.25) is 0 Å². The quantitative estimate of drug-likeness (QED) is 0.409. The fourth-order valence-corrected chi connectivity index (χ4v) is 4.25. The second kappa shape index (κ2) is 9.27. The highest BCUT2D eigenvalue weighted by Crippen LogP contribution is 2.21. The molecule has 0 N–H and O–H groups in total. The number of halogens is 1. The lowest BCUT2D eigenvalue weighted by atomic mass is 10.2. The van der Waals surface area contributed by atoms with Crippen LogP contribution in [-0.2, 0) is 16.0 Å². The van der Waals surface area contributed by atoms with Gasteiger partial charge in [-0.15, -0.1) is 0 Å². The van der Waals surface area contributed by atoms with Crippen LogP contribution in [0.5, 0.6) is 0 Å². The van der Waals surface area contributed by atoms with Gasteiger partial charge in [0.15, 0.2) is 4.80 Å². The Balaban J connectivity index is 2.10. The van der Waals surface area contributed by atoms with E-state index in [-0.39, 0.29) is 5.91 Å². The number of aromatic nitrogens is 1. The van der Waals surface area contributed by atoms with Gasteiger partial charge < -0.3 is 14.0 Å². The summed E-state index contributed by atoms with van der Waals surface area (Å²) >= 11 is 4.74. The number of carbonyl (C=O) groups is 2. The summed E-state index contributed by atoms with van der Waals surface area (Å²) in [5.41, 5.74) is 1.83. The van der Waals surface area contributed by atoms with E-state index in [0.29, 0.717) is 40.2 Å². The molecule has 0 atom stereocenters. The molecule has 0 saturated carbocycles. The second-order valence-corrected chi connectivity index (χ2v) is 7.67. The molecule has 1 amide bonds. The molecule has 3 rings (SSSR count). The van der Waals surface area contributed by atoms with Crippen molar-refractivity contribution >= 4 is 49.4 Å². The lowest BCUT2D eigenvalue weighted by Gasteiger charge is -2.06. The van der Waals surface area contributed by atoms with Crippen molar-refractivity contribution in [2.45, 2.75) is 13.5 Å². The standard InChI is InChI=1S/C20H19BrN2O4S/c1-3-27-11-10-23-16-9-8-13(19(25)26-2)12-17(16)28-20(23)22-18(24)14-6-4-5-7-15(14)21/h4-9,12H,3,10-11H2,1-2H3. The Morgan fingerprint density at radius 2 is 2.00 bits per heavy atom. The van der Waals surface area contributed by atoms with Crippen molar-refractivity contribution in [3.63, 3.8) is 0 Å². The highest BCUT2D eigenvalue weighted by atomic mass is 79.9. The summed E-state index contributed by atoms with van der Waals surface area (Å²) in [5, 5.41) is 0. The molecule has 0 fully saturated rings. The van der Waals surface area contributed by atoms with Crippen LogP contribution in [0, 0.1) is 0 Å². The van der Waals surface area contributed by atoms with E-state index < -0.39 is 5.97 Å². The number of ether oxygens (including phenoxy) is 2. The maximum atomic E-state index is 12.7. The minimum absolute atomic E-state index is 0.336. The maximum Gasteiger partial charge on any atom is 0.337 e. The number of carbonyl (C=O) groups excluding carboxylic acids is 2. The largest absolute Gasteiger partial charge is 0.465 e. The van der Waals surface area contributed by atoms with E-state index in [9.17, 15) is 9.59 Å². The topological polar surface area (TPSA) is 69.9 Å². The number of esters is 1. The molecule has 6 nitrogen and oxygen atoms in total. The van der Waals surface area contributed by atoms with Gasteiger partial charge >= 0.3 is 5.97 Å². The zero-order chi connectivity index (χ0) is 20.1. The van der Waals surface area contributed by atoms with E-state index >= 15 is 0 Å². The third-order valence-corrected chi connectivity index (χ3v) is 5.80. The Labute approximate surface area is 174 Å². The van der Waals surface area contributed by atoms with Crippen molar-refractivity contribution in [2.24, 2.45) is 4.99 Å². The lowest BCUT2D eigenvalue weighted by molar-refractivity contribution is 0.0600. The Kier molecular flexibility index (Phi) is 6.77. The van der Waals surface area contributed by atoms with Crippen LogP contribution >= 0.6 is 27.3 Å². The molecule has 28 heavy (non-hydrogen) atoms. The van der Waals surface area contributed by atoms with Crippen molar-refractivity contribution < 1.29 is 19.1 Å². The van der Waals surface area contributed by atoms with Gasteiger partial charge in [-0.3, -0.25) is 4.79 Å². The lowest BCUT2D eigenvalue weighted by Crippen LogP contribution is -2.19. The number of methoxy groups -OCH3 is 1. The fraction of sp³-hybridized carbons (Fsp3) is 0.250. The van der Waals surface area contributed by atoms with Crippen LogP contribution in [0.25, 0.3) is 10.2 Å². The number of rotatable bonds is 6. The first kappa shape index (κ1) is 20.4. The Morgan fingerprint density at radius 3 is 2.71 bits per heavy atom. The molecule has 0 unspecified atom stereocenters. The number of hydrogen-bond acceptors (Lipinski definition) is 5. The van der Waals surface area contributed by atoms with Gasteiger partial charge in [0.1, 0.15) is 0 Å². The molecule has 0 aliphatic carbocycles. The molecule has 8 heteroatoms. The minimum atomic E-state index is -0.404. The number of thiazole rings is 1. The number of benzene rings is 2. The molecule has 0 saturated heterocycles. The van der Waals surface area contributed by atoms with Gasteiger partial charge in [-0.05, 0) is 53.2 Å². The molecule has 0 aliphatic rings. The Bertz CT molecular complexity index is 1090. The first-order valence-corrected chi connectivity index (χ1v) is 10.3. The van der Waals surface area contributed by atoms with E-state index in [0.717, 1.165) is 10.2 Å². The maximum absolute atomic E-state index is 12.7. The monoisotopic (exact) mass is 462 g/mol. The first-order valence-electron chi connectivity index (χ1n) is 8.68. The van der Waals surface area contributed by atoms with Crippen LogP contribution in [0.4, 0.5) is 0 Å². The van der Waals surface area contributed by atoms with E-state index in [1.54, 1.807) is 30.3 Å². The Morgan fingerprint density at radius 1 is 1.21 bits per heavy atom. The summed E-state index contributed by atoms with van der Waals surface area (Å²) in [7, 11) is 1.35. The van der Waals surface area contributed by atoms with Crippen molar-refractivity contribution in [3.05, 3.63) is 62.9 Å². The second-order valence-electron chi connectivity index (χ2n) is 5.80. The highest BCUT2D eigenvalue weighted by Gasteiger charge is 2.13. The Hall–Kier alpha value is -2.29. The van der Waals surface area contributed by atoms with E-state index in [2.05, 4.69) is 20.9 Å². The molecule has 0 aliphatic heterocycles. The van der Waals surface area contributed by atoms with Crippen LogP contribution in [0.1, 0.15) is 27.6 Å². The van der Waals surface area contributed by atoms with Crippen LogP contribution < -0.4 is 4.80 Å². The summed E-state index contributed by atoms with van der Waals surface area (Å²) in [6.07, 6.45) is 0. The molecule has 0 bridgehead atoms. The molecule has 2 aromatic carbocycles. The fourth-order valence-electron chi connectivity index (χ4n) is 2.70. The molecule has 3 aromatic rings. The van der Waals surface area contributed by atoms with Crippen molar-refractivity contribution in [1.29, 1.82) is 0 Å². The highest BCUT2D eigenvalue weighted by molar-refractivity contribution is 9.10. The molecule has 0 radical (unpaired) electrons. The normalized spacial score (nSPS) is 11.8. The molecule has 146 valence electrons. The van der Waals surface area contributed by atoms with Crippen LogP contribution in [0.2, 0.25) is 0 Å². The average Bonchev–Trinajstić information content (AvgIpc) is 3.04. The van der Waals surface area contributed by atoms with Crippen molar-refractivity contribution in [3.8, 4) is 0 Å². The zero-order valence-corrected chi connectivity index (χ0v) is 17.9. The number of nitrogens with zero attached hydrogens (tertiary/aromatic N) is 2. The molecular weight excluding hydrogens is 444 g/mol. The van der Waals surface area contributed by atoms with Gasteiger partial charge in [0, 0.05) is 17.6 Å². The SMILES string of the molecule is CCOCCn1c(=NC(=O)c2ccccc2Br)sc2cc(C(=O)OC)ccc21. The van der Waals surface area contributed by atoms with Gasteiger partial charge in [-0.25, -0.2) is 4.79 Å². The van der Waals surface area contributed by atoms with Crippen LogP contribution in [0.3, 0.4) is 0 Å². The summed E-state index contributed by atoms with van der Waals surface area (Å²) in [5.74, 6) is -0.740. The van der Waals surface area contributed by atoms with Gasteiger partial charge in [0.25, 0.3) is 5.91 Å². The van der Waals surface area contributed by atoms with Crippen LogP contribution in [0.15, 0.2) is 51.9 Å². The number of fused-ring (bicyclic) bond motifs is 1. The summed E-state index contributed by atoms with van der Waals surface area (Å²) < 4.78 is 13.7. The predicted molar refractivity (Wildman–Crippen MR) is 112 cm³/mol. The molecule has 0 spiro atoms. The number of hydrogen-bond donors (Lipinski definition) is 0. The van der Waals surface area contributed by atoms with Crippen molar-refractivity contribution in [2.75, 3.05) is 20.3 Å².